The van der Waals surface area contributed by atoms with Gasteiger partial charge in [0.25, 0.3) is 0 Å². The van der Waals surface area contributed by atoms with Crippen LogP contribution in [0, 0.1) is 102 Å². The van der Waals surface area contributed by atoms with Crippen molar-refractivity contribution in [2.75, 3.05) is 118 Å². The first-order valence-corrected chi connectivity index (χ1v) is 44.6. The Balaban J connectivity index is 0.000000128. The molecule has 732 valence electrons. The fourth-order valence-corrected chi connectivity index (χ4v) is 15.6. The number of likely N-dealkylation sites (N-methyl/N-ethyl adjacent to an activating group) is 1. The number of hydrogen-bond donors (Lipinski definition) is 0. The van der Waals surface area contributed by atoms with Crippen LogP contribution in [0.5, 0.6) is 0 Å². The van der Waals surface area contributed by atoms with Crippen molar-refractivity contribution in [1.29, 1.82) is 0 Å². The molecule has 16 aromatic rings. The van der Waals surface area contributed by atoms with Crippen LogP contribution in [0.1, 0.15) is 5.56 Å². The van der Waals surface area contributed by atoms with Crippen LogP contribution in [0.15, 0.2) is 391 Å². The molecule has 10 aliphatic heterocycles. The van der Waals surface area contributed by atoms with Crippen LogP contribution in [-0.2, 0) is 86.8 Å². The molecular weight excluding hydrogens is 2490 g/mol. The molecule has 0 N–H and O–H groups in total. The zero-order valence-electron chi connectivity index (χ0n) is 78.7. The Kier molecular flexibility index (Phi) is 36.8. The van der Waals surface area contributed by atoms with Gasteiger partial charge < -0.3 is 88.2 Å². The van der Waals surface area contributed by atoms with Crippen molar-refractivity contribution < 1.29 is 80.4 Å². The second-order valence-corrected chi connectivity index (χ2v) is 31.8. The molecule has 32 heteroatoms. The smallest absolute Gasteiger partial charge is 0.157 e. The molecule has 15 heterocycles. The van der Waals surface area contributed by atoms with Crippen LogP contribution in [0.25, 0.3) is 0 Å². The Bertz CT molecular complexity index is 6120. The van der Waals surface area contributed by atoms with Crippen LogP contribution < -0.4 is 68.6 Å². The molecule has 0 saturated carbocycles. The first-order chi connectivity index (χ1) is 68.4. The van der Waals surface area contributed by atoms with Crippen molar-refractivity contribution in [3.63, 3.8) is 0 Å². The molecule has 28 nitrogen and oxygen atoms in total. The largest absolute Gasteiger partial charge is 0.510 e. The maximum absolute atomic E-state index is 4.47. The number of rotatable bonds is 10. The molecule has 0 amide bonds. The van der Waals surface area contributed by atoms with Crippen molar-refractivity contribution in [2.24, 2.45) is 0 Å². The summed E-state index contributed by atoms with van der Waals surface area (Å²) in [4.78, 5) is 80.2. The zero-order chi connectivity index (χ0) is 95.0. The van der Waals surface area contributed by atoms with Gasteiger partial charge in [0.1, 0.15) is 64.7 Å². The van der Waals surface area contributed by atoms with E-state index in [0.29, 0.717) is 6.17 Å². The van der Waals surface area contributed by atoms with Crippen LogP contribution >= 0.6 is 0 Å². The first kappa shape index (κ1) is 104. The van der Waals surface area contributed by atoms with Crippen LogP contribution in [0.3, 0.4) is 0 Å². The summed E-state index contributed by atoms with van der Waals surface area (Å²) < 4.78 is 0. The molecule has 11 aromatic carbocycles. The minimum Gasteiger partial charge on any atom is -0.510 e. The molecule has 0 spiro atoms. The average Bonchev–Trinajstić information content (AvgIpc) is 1.57. The van der Waals surface area contributed by atoms with E-state index < -0.39 is 0 Å². The molecule has 5 aromatic heterocycles. The first-order valence-electron chi connectivity index (χ1n) is 44.6. The summed E-state index contributed by atoms with van der Waals surface area (Å²) >= 11 is 0. The summed E-state index contributed by atoms with van der Waals surface area (Å²) in [6.07, 6.45) is 34.6. The minimum atomic E-state index is 0. The molecule has 0 bridgehead atoms. The fourth-order valence-electron chi connectivity index (χ4n) is 15.6. The normalized spacial score (nSPS) is 14.7. The fraction of sp³-hybridized carbons (Fsp3) is 0.0811. The van der Waals surface area contributed by atoms with Gasteiger partial charge in [-0.1, -0.05) is 54.6 Å². The van der Waals surface area contributed by atoms with E-state index in [1.165, 1.54) is 11.3 Å². The van der Waals surface area contributed by atoms with E-state index in [9.17, 15) is 0 Å². The van der Waals surface area contributed by atoms with Crippen molar-refractivity contribution in [2.45, 2.75) is 12.6 Å². The SMILES string of the molecule is CN1C=CN(c2[c-]cccc2)[CH-]1.CN1C=CN(c2[c-]cccc2)[CH-]1.CN1C=CN(c2[c-]cccc2)[CH-]1.CN1C=CN(c2[c-]cccc2)[CH-]1.CN1[CH-]N(c2[c-]cccc2)c2nccnc21.CN1[CH-]N(c2[c-]cccc2)c2nccnc21.CN1c2ncncc2N2c3ccccc3CC12.[Ir].[Ir].[Ir].[Ir].[c-]1ccccc1N1[CH-]N(c2ccccc2)c2nccnc21.[c-]1ccccc1N1[CH-]N(c2ccccc2)c2nccnc21. The third-order valence-electron chi connectivity index (χ3n) is 22.2. The summed E-state index contributed by atoms with van der Waals surface area (Å²) in [7, 11) is 14.0. The van der Waals surface area contributed by atoms with Crippen molar-refractivity contribution in [3.8, 4) is 0 Å². The van der Waals surface area contributed by atoms with E-state index in [1.54, 1.807) is 55.9 Å². The van der Waals surface area contributed by atoms with Crippen LogP contribution in [0.4, 0.5) is 121 Å². The average molecular weight is 2590 g/mol. The van der Waals surface area contributed by atoms with Gasteiger partial charge >= 0.3 is 0 Å². The molecule has 4 radical (unpaired) electrons. The van der Waals surface area contributed by atoms with Gasteiger partial charge in [0.2, 0.25) is 0 Å². The van der Waals surface area contributed by atoms with Gasteiger partial charge in [0.05, 0.1) is 6.20 Å². The number of para-hydroxylation sites is 11. The molecule has 143 heavy (non-hydrogen) atoms. The van der Waals surface area contributed by atoms with Gasteiger partial charge in [-0.25, -0.2) is 49.8 Å². The number of nitrogens with zero attached hydrogens (tertiary/aromatic N) is 28. The number of fused-ring (bicyclic) bond motifs is 9. The van der Waals surface area contributed by atoms with Crippen LogP contribution in [-0.4, -0.2) is 125 Å². The van der Waals surface area contributed by atoms with Crippen LogP contribution in [0.2, 0.25) is 0 Å². The van der Waals surface area contributed by atoms with Gasteiger partial charge in [0.15, 0.2) is 5.82 Å². The second kappa shape index (κ2) is 50.8. The third-order valence-corrected chi connectivity index (χ3v) is 22.2. The Hall–Kier alpha value is -15.2. The van der Waals surface area contributed by atoms with Gasteiger partial charge in [-0.2, -0.15) is 269 Å². The molecule has 0 aliphatic carbocycles. The molecular formula is C111H96Ir4N28-16. The quantitative estimate of drug-likeness (QED) is 0.118. The number of benzene rings is 11. The standard InChI is InChI=1S/2C17H12N4.C13H12N4.2C12H10N4.4C10H10N2.4Ir/c2*1-3-7-14(8-4-1)20-13-21(15-9-5-2-6-10-15)17-16(20)18-11-12-19-17;1-16-12-6-9-4-2-3-5-10(9)17(12)11-7-14-8-15-13(11)16;2*1-15-9-16(10-5-3-2-4-6-10)12-11(15)13-7-8-14-12;4*1-11-7-8-12(9-11)10-5-3-2-4-6-10;;;;/h2*1-9,11-13H;2-5,7-8,12H,6H2,1H3;2*2-5,7-9H,1H3;4*2-5,7-9H,1H3;;;;/q2*-2;;6*-2;;;;. The summed E-state index contributed by atoms with van der Waals surface area (Å²) in [5.41, 5.74) is 14.0. The van der Waals surface area contributed by atoms with Gasteiger partial charge in [-0.15, -0.1) is 72.2 Å². The molecule has 26 rings (SSSR count). The predicted molar refractivity (Wildman–Crippen MR) is 551 cm³/mol. The van der Waals surface area contributed by atoms with Gasteiger partial charge in [-0.3, -0.25) is 0 Å². The minimum absolute atomic E-state index is 0. The Labute approximate surface area is 891 Å². The van der Waals surface area contributed by atoms with E-state index >= 15 is 0 Å². The van der Waals surface area contributed by atoms with E-state index in [-0.39, 0.29) is 80.4 Å². The zero-order valence-corrected chi connectivity index (χ0v) is 88.3. The topological polar surface area (TPSA) is 187 Å². The van der Waals surface area contributed by atoms with Crippen molar-refractivity contribution in [1.82, 2.24) is 69.4 Å². The molecule has 10 aliphatic rings. The van der Waals surface area contributed by atoms with Gasteiger partial charge in [-0.05, 0) is 128 Å². The molecule has 0 saturated heterocycles. The Morgan fingerprint density at radius 1 is 0.245 bits per heavy atom. The summed E-state index contributed by atoms with van der Waals surface area (Å²) in [5.74, 6) is 7.69. The van der Waals surface area contributed by atoms with E-state index in [2.05, 4.69) is 139 Å². The Morgan fingerprint density at radius 2 is 0.510 bits per heavy atom. The Morgan fingerprint density at radius 3 is 0.804 bits per heavy atom. The molecule has 1 unspecified atom stereocenters. The maximum atomic E-state index is 4.47. The third kappa shape index (κ3) is 25.4. The van der Waals surface area contributed by atoms with E-state index in [1.807, 2.05) is 485 Å². The number of aromatic nitrogens is 10. The second-order valence-electron chi connectivity index (χ2n) is 31.8. The molecule has 0 fully saturated rings. The van der Waals surface area contributed by atoms with Crippen molar-refractivity contribution in [3.05, 3.63) is 498 Å². The van der Waals surface area contributed by atoms with Crippen molar-refractivity contribution >= 4 is 121 Å². The monoisotopic (exact) mass is 2590 g/mol. The molecule has 1 atom stereocenters. The van der Waals surface area contributed by atoms with Gasteiger partial charge in [0, 0.05) is 161 Å². The van der Waals surface area contributed by atoms with E-state index in [4.69, 9.17) is 0 Å². The number of hydrogen-bond acceptors (Lipinski definition) is 28. The summed E-state index contributed by atoms with van der Waals surface area (Å²) in [6.45, 7) is 15.9. The maximum Gasteiger partial charge on any atom is 0.157 e. The summed E-state index contributed by atoms with van der Waals surface area (Å²) in [6, 6.07) is 117. The number of anilines is 21. The van der Waals surface area contributed by atoms with E-state index in [0.717, 1.165) is 121 Å². The summed E-state index contributed by atoms with van der Waals surface area (Å²) in [5, 5.41) is 0. The predicted octanol–water partition coefficient (Wildman–Crippen LogP) is 20.6.